The summed E-state index contributed by atoms with van der Waals surface area (Å²) in [6.45, 7) is 1.36. The number of methoxy groups -OCH3 is 1. The molecular formula is C14H16ClN3O3S2. The number of nitrogens with zero attached hydrogens (tertiary/aromatic N) is 2. The molecule has 1 aliphatic heterocycles. The smallest absolute Gasteiger partial charge is 0.244 e. The largest absolute Gasteiger partial charge is 0.495 e. The van der Waals surface area contributed by atoms with Crippen molar-refractivity contribution in [3.05, 3.63) is 34.8 Å². The van der Waals surface area contributed by atoms with Gasteiger partial charge in [0, 0.05) is 35.7 Å². The minimum absolute atomic E-state index is 0.0557. The number of hydrogen-bond acceptors (Lipinski definition) is 6. The second-order valence-corrected chi connectivity index (χ2v) is 8.15. The minimum Gasteiger partial charge on any atom is -0.495 e. The number of rotatable bonds is 5. The molecule has 0 radical (unpaired) electrons. The number of nitrogens with one attached hydrogen (secondary N) is 1. The maximum atomic E-state index is 12.6. The summed E-state index contributed by atoms with van der Waals surface area (Å²) in [6.07, 6.45) is 2.47. The summed E-state index contributed by atoms with van der Waals surface area (Å²) < 4.78 is 33.1. The summed E-state index contributed by atoms with van der Waals surface area (Å²) in [7, 11) is -2.27. The first-order valence-corrected chi connectivity index (χ1v) is 9.74. The molecule has 1 aromatic heterocycles. The Hall–Kier alpha value is -1.35. The summed E-state index contributed by atoms with van der Waals surface area (Å²) in [4.78, 5) is 6.39. The van der Waals surface area contributed by atoms with E-state index >= 15 is 0 Å². The minimum atomic E-state index is -3.70. The van der Waals surface area contributed by atoms with Crippen LogP contribution in [0.15, 0.2) is 34.7 Å². The third-order valence-corrected chi connectivity index (χ3v) is 6.22. The Labute approximate surface area is 144 Å². The van der Waals surface area contributed by atoms with Crippen LogP contribution in [0.1, 0.15) is 6.42 Å². The maximum Gasteiger partial charge on any atom is 0.244 e. The van der Waals surface area contributed by atoms with Crippen LogP contribution in [0.3, 0.4) is 0 Å². The van der Waals surface area contributed by atoms with Crippen LogP contribution in [0.2, 0.25) is 5.02 Å². The van der Waals surface area contributed by atoms with Crippen LogP contribution in [-0.2, 0) is 10.0 Å². The maximum absolute atomic E-state index is 12.6. The summed E-state index contributed by atoms with van der Waals surface area (Å²) in [5.74, 6) is 0.275. The number of ether oxygens (including phenoxy) is 1. The predicted molar refractivity (Wildman–Crippen MR) is 91.1 cm³/mol. The van der Waals surface area contributed by atoms with Crippen molar-refractivity contribution in [2.24, 2.45) is 0 Å². The molecule has 1 aromatic carbocycles. The Morgan fingerprint density at radius 2 is 2.30 bits per heavy atom. The molecule has 2 aromatic rings. The molecule has 6 nitrogen and oxygen atoms in total. The zero-order valence-corrected chi connectivity index (χ0v) is 14.8. The lowest BCUT2D eigenvalue weighted by molar-refractivity contribution is 0.402. The van der Waals surface area contributed by atoms with Crippen molar-refractivity contribution < 1.29 is 13.2 Å². The SMILES string of the molecule is COc1ccc(Cl)cc1S(=O)(=O)NC1CCN(c2nccs2)C1. The lowest BCUT2D eigenvalue weighted by atomic mass is 10.3. The third-order valence-electron chi connectivity index (χ3n) is 3.62. The van der Waals surface area contributed by atoms with Crippen molar-refractivity contribution >= 4 is 38.1 Å². The van der Waals surface area contributed by atoms with E-state index in [0.29, 0.717) is 11.6 Å². The van der Waals surface area contributed by atoms with Gasteiger partial charge >= 0.3 is 0 Å². The molecule has 3 rings (SSSR count). The van der Waals surface area contributed by atoms with Gasteiger partial charge in [-0.2, -0.15) is 0 Å². The zero-order valence-electron chi connectivity index (χ0n) is 12.4. The van der Waals surface area contributed by atoms with Gasteiger partial charge in [0.05, 0.1) is 7.11 Å². The first-order valence-electron chi connectivity index (χ1n) is 7.00. The molecule has 1 aliphatic rings. The van der Waals surface area contributed by atoms with Gasteiger partial charge in [0.15, 0.2) is 5.13 Å². The van der Waals surface area contributed by atoms with E-state index < -0.39 is 10.0 Å². The Bertz CT molecular complexity index is 781. The van der Waals surface area contributed by atoms with E-state index in [0.717, 1.165) is 18.1 Å². The number of aromatic nitrogens is 1. The molecular weight excluding hydrogens is 358 g/mol. The molecule has 0 aliphatic carbocycles. The number of sulfonamides is 1. The molecule has 2 heterocycles. The summed E-state index contributed by atoms with van der Waals surface area (Å²) in [5, 5.41) is 3.16. The Morgan fingerprint density at radius 1 is 1.48 bits per heavy atom. The third kappa shape index (κ3) is 3.60. The topological polar surface area (TPSA) is 71.5 Å². The predicted octanol–water partition coefficient (Wildman–Crippen LogP) is 2.36. The van der Waals surface area contributed by atoms with Gasteiger partial charge < -0.3 is 9.64 Å². The summed E-state index contributed by atoms with van der Waals surface area (Å²) >= 11 is 7.47. The van der Waals surface area contributed by atoms with E-state index in [-0.39, 0.29) is 16.7 Å². The lowest BCUT2D eigenvalue weighted by Crippen LogP contribution is -2.37. The second-order valence-electron chi connectivity index (χ2n) is 5.16. The van der Waals surface area contributed by atoms with Crippen LogP contribution in [0, 0.1) is 0 Å². The van der Waals surface area contributed by atoms with Gasteiger partial charge in [0.1, 0.15) is 10.6 Å². The van der Waals surface area contributed by atoms with E-state index in [2.05, 4.69) is 14.6 Å². The molecule has 23 heavy (non-hydrogen) atoms. The van der Waals surface area contributed by atoms with Crippen molar-refractivity contribution in [2.45, 2.75) is 17.4 Å². The molecule has 1 unspecified atom stereocenters. The standard InChI is InChI=1S/C14H16ClN3O3S2/c1-21-12-3-2-10(15)8-13(12)23(19,20)17-11-4-6-18(9-11)14-16-5-7-22-14/h2-3,5,7-8,11,17H,4,6,9H2,1H3. The second kappa shape index (κ2) is 6.64. The van der Waals surface area contributed by atoms with Crippen molar-refractivity contribution in [1.29, 1.82) is 0 Å². The average molecular weight is 374 g/mol. The van der Waals surface area contributed by atoms with Gasteiger partial charge in [0.25, 0.3) is 0 Å². The van der Waals surface area contributed by atoms with Crippen LogP contribution < -0.4 is 14.4 Å². The molecule has 0 spiro atoms. The molecule has 1 N–H and O–H groups in total. The molecule has 1 fully saturated rings. The Balaban J connectivity index is 1.76. The number of hydrogen-bond donors (Lipinski definition) is 1. The van der Waals surface area contributed by atoms with E-state index in [9.17, 15) is 8.42 Å². The molecule has 0 amide bonds. The van der Waals surface area contributed by atoms with E-state index in [4.69, 9.17) is 16.3 Å². The first-order chi connectivity index (χ1) is 11.0. The van der Waals surface area contributed by atoms with E-state index in [1.54, 1.807) is 29.7 Å². The molecule has 0 bridgehead atoms. The van der Waals surface area contributed by atoms with E-state index in [1.807, 2.05) is 5.38 Å². The highest BCUT2D eigenvalue weighted by Gasteiger charge is 2.30. The van der Waals surface area contributed by atoms with Crippen LogP contribution in [-0.4, -0.2) is 39.6 Å². The van der Waals surface area contributed by atoms with Gasteiger partial charge in [-0.05, 0) is 24.6 Å². The zero-order chi connectivity index (χ0) is 16.4. The fraction of sp³-hybridized carbons (Fsp3) is 0.357. The van der Waals surface area contributed by atoms with E-state index in [1.165, 1.54) is 13.2 Å². The van der Waals surface area contributed by atoms with Crippen molar-refractivity contribution in [3.8, 4) is 5.75 Å². The quantitative estimate of drug-likeness (QED) is 0.871. The molecule has 1 saturated heterocycles. The van der Waals surface area contributed by atoms with Gasteiger partial charge in [-0.15, -0.1) is 11.3 Å². The number of benzene rings is 1. The van der Waals surface area contributed by atoms with Crippen molar-refractivity contribution in [2.75, 3.05) is 25.1 Å². The number of halogens is 1. The summed E-state index contributed by atoms with van der Waals surface area (Å²) in [5.41, 5.74) is 0. The van der Waals surface area contributed by atoms with Crippen molar-refractivity contribution in [3.63, 3.8) is 0 Å². The van der Waals surface area contributed by atoms with Gasteiger partial charge in [-0.3, -0.25) is 0 Å². The highest BCUT2D eigenvalue weighted by molar-refractivity contribution is 7.89. The normalized spacial score (nSPS) is 18.3. The van der Waals surface area contributed by atoms with Crippen LogP contribution in [0.4, 0.5) is 5.13 Å². The molecule has 9 heteroatoms. The van der Waals surface area contributed by atoms with Crippen LogP contribution >= 0.6 is 22.9 Å². The Morgan fingerprint density at radius 3 is 3.00 bits per heavy atom. The van der Waals surface area contributed by atoms with Crippen LogP contribution in [0.5, 0.6) is 5.75 Å². The lowest BCUT2D eigenvalue weighted by Gasteiger charge is -2.17. The Kier molecular flexibility index (Phi) is 4.77. The fourth-order valence-corrected chi connectivity index (χ4v) is 4.92. The fourth-order valence-electron chi connectivity index (χ4n) is 2.55. The summed E-state index contributed by atoms with van der Waals surface area (Å²) in [6, 6.07) is 4.37. The first kappa shape index (κ1) is 16.5. The van der Waals surface area contributed by atoms with Crippen molar-refractivity contribution in [1.82, 2.24) is 9.71 Å². The van der Waals surface area contributed by atoms with Gasteiger partial charge in [0.2, 0.25) is 10.0 Å². The van der Waals surface area contributed by atoms with Crippen LogP contribution in [0.25, 0.3) is 0 Å². The monoisotopic (exact) mass is 373 g/mol. The average Bonchev–Trinajstić information content (AvgIpc) is 3.17. The van der Waals surface area contributed by atoms with Gasteiger partial charge in [-0.1, -0.05) is 11.6 Å². The number of thiazole rings is 1. The molecule has 1 atom stereocenters. The highest BCUT2D eigenvalue weighted by Crippen LogP contribution is 2.28. The highest BCUT2D eigenvalue weighted by atomic mass is 35.5. The number of anilines is 1. The molecule has 124 valence electrons. The molecule has 0 saturated carbocycles. The van der Waals surface area contributed by atoms with Gasteiger partial charge in [-0.25, -0.2) is 18.1 Å².